The smallest absolute Gasteiger partial charge is 0.249 e. The Bertz CT molecular complexity index is 691. The van der Waals surface area contributed by atoms with E-state index in [9.17, 15) is 9.59 Å². The van der Waals surface area contributed by atoms with Crippen LogP contribution in [0.25, 0.3) is 0 Å². The maximum absolute atomic E-state index is 13.1. The molecule has 4 heterocycles. The van der Waals surface area contributed by atoms with Gasteiger partial charge in [-0.3, -0.25) is 9.59 Å². The van der Waals surface area contributed by atoms with Gasteiger partial charge in [0.1, 0.15) is 22.4 Å². The highest BCUT2D eigenvalue weighted by molar-refractivity contribution is 6.00. The Labute approximate surface area is 172 Å². The van der Waals surface area contributed by atoms with Gasteiger partial charge in [-0.2, -0.15) is 0 Å². The molecule has 0 aliphatic carbocycles. The fraction of sp³-hybridized carbons (Fsp3) is 0.810. The lowest BCUT2D eigenvalue weighted by Crippen LogP contribution is -2.44. The number of epoxide rings is 4. The molecule has 0 aromatic carbocycles. The van der Waals surface area contributed by atoms with E-state index in [1.807, 2.05) is 27.7 Å². The van der Waals surface area contributed by atoms with Gasteiger partial charge in [0.25, 0.3) is 0 Å². The van der Waals surface area contributed by atoms with Crippen molar-refractivity contribution in [2.75, 3.05) is 52.6 Å². The minimum Gasteiger partial charge on any atom is -0.368 e. The lowest BCUT2D eigenvalue weighted by Gasteiger charge is -2.28. The van der Waals surface area contributed by atoms with Gasteiger partial charge in [0, 0.05) is 11.6 Å². The molecule has 4 unspecified atom stereocenters. The van der Waals surface area contributed by atoms with Crippen LogP contribution in [0.15, 0.2) is 11.6 Å². The average Bonchev–Trinajstić information content (AvgIpc) is 3.44. The molecule has 0 radical (unpaired) electrons. The Hall–Kier alpha value is -1.48. The maximum atomic E-state index is 13.1. The van der Waals surface area contributed by atoms with Crippen molar-refractivity contribution in [3.8, 4) is 0 Å². The molecule has 4 aliphatic rings. The lowest BCUT2D eigenvalue weighted by molar-refractivity contribution is -0.130. The van der Waals surface area contributed by atoms with Gasteiger partial charge in [-0.1, -0.05) is 0 Å². The molecular formula is C21H32N2O6. The second-order valence-electron chi connectivity index (χ2n) is 10.1. The summed E-state index contributed by atoms with van der Waals surface area (Å²) in [7, 11) is 0. The summed E-state index contributed by atoms with van der Waals surface area (Å²) in [6.07, 6.45) is 1.44. The van der Waals surface area contributed by atoms with Crippen molar-refractivity contribution < 1.29 is 28.5 Å². The zero-order valence-corrected chi connectivity index (χ0v) is 18.1. The Morgan fingerprint density at radius 2 is 1.03 bits per heavy atom. The summed E-state index contributed by atoms with van der Waals surface area (Å²) in [6.45, 7) is 14.2. The molecule has 162 valence electrons. The van der Waals surface area contributed by atoms with Gasteiger partial charge < -0.3 is 28.7 Å². The first-order chi connectivity index (χ1) is 13.4. The molecule has 8 heteroatoms. The minimum absolute atomic E-state index is 0.158. The summed E-state index contributed by atoms with van der Waals surface area (Å²) in [5.74, 6) is -0.346. The lowest BCUT2D eigenvalue weighted by atomic mass is 10.1. The van der Waals surface area contributed by atoms with Crippen molar-refractivity contribution in [3.63, 3.8) is 0 Å². The molecule has 0 aromatic heterocycles. The SMILES string of the molecule is C/C(=C\C(=O)N(CC1(C)CO1)CC1(C)CO1)C(=O)N(CC1(C)CO1)CC1(C)CO1. The van der Waals surface area contributed by atoms with Crippen molar-refractivity contribution in [2.45, 2.75) is 57.0 Å². The van der Waals surface area contributed by atoms with Crippen LogP contribution in [0.2, 0.25) is 0 Å². The molecule has 0 bridgehead atoms. The zero-order chi connectivity index (χ0) is 21.1. The quantitative estimate of drug-likeness (QED) is 0.391. The summed E-state index contributed by atoms with van der Waals surface area (Å²) in [4.78, 5) is 29.6. The van der Waals surface area contributed by atoms with Crippen LogP contribution in [0.3, 0.4) is 0 Å². The van der Waals surface area contributed by atoms with Crippen LogP contribution in [-0.4, -0.2) is 96.6 Å². The van der Waals surface area contributed by atoms with Gasteiger partial charge in [-0.25, -0.2) is 0 Å². The normalized spacial score (nSPS) is 39.7. The van der Waals surface area contributed by atoms with E-state index in [4.69, 9.17) is 18.9 Å². The van der Waals surface area contributed by atoms with Crippen LogP contribution in [-0.2, 0) is 28.5 Å². The van der Waals surface area contributed by atoms with Crippen LogP contribution in [0.1, 0.15) is 34.6 Å². The standard InChI is InChI=1S/C21H32N2O6/c1-15(17(25)23(9-20(4)13-28-20)10-21(5)14-29-21)6-16(24)22(7-18(2)11-26-18)8-19(3)12-27-19/h6H,7-14H2,1-5H3/b15-6+. The Balaban J connectivity index is 1.44. The molecule has 4 aliphatic heterocycles. The van der Waals surface area contributed by atoms with Crippen LogP contribution < -0.4 is 0 Å². The van der Waals surface area contributed by atoms with Crippen molar-refractivity contribution >= 4 is 11.8 Å². The second kappa shape index (κ2) is 6.77. The number of ether oxygens (including phenoxy) is 4. The summed E-state index contributed by atoms with van der Waals surface area (Å²) in [5.41, 5.74) is -0.777. The van der Waals surface area contributed by atoms with E-state index in [-0.39, 0.29) is 34.2 Å². The van der Waals surface area contributed by atoms with E-state index in [1.165, 1.54) is 6.08 Å². The topological polar surface area (TPSA) is 90.7 Å². The average molecular weight is 408 g/mol. The first kappa shape index (κ1) is 20.8. The third-order valence-electron chi connectivity index (χ3n) is 5.93. The summed E-state index contributed by atoms with van der Waals surface area (Å²) >= 11 is 0. The minimum atomic E-state index is -0.299. The Morgan fingerprint density at radius 3 is 1.34 bits per heavy atom. The second-order valence-corrected chi connectivity index (χ2v) is 10.1. The van der Waals surface area contributed by atoms with Crippen LogP contribution in [0, 0.1) is 0 Å². The highest BCUT2D eigenvalue weighted by atomic mass is 16.6. The summed E-state index contributed by atoms with van der Waals surface area (Å²) < 4.78 is 21.9. The van der Waals surface area contributed by atoms with Crippen molar-refractivity contribution in [1.82, 2.24) is 9.80 Å². The van der Waals surface area contributed by atoms with E-state index in [0.29, 0.717) is 58.2 Å². The number of carbonyl (C=O) groups is 2. The predicted molar refractivity (Wildman–Crippen MR) is 104 cm³/mol. The molecule has 29 heavy (non-hydrogen) atoms. The zero-order valence-electron chi connectivity index (χ0n) is 18.1. The number of hydrogen-bond acceptors (Lipinski definition) is 6. The van der Waals surface area contributed by atoms with E-state index in [1.54, 1.807) is 16.7 Å². The number of carbonyl (C=O) groups excluding carboxylic acids is 2. The molecule has 4 fully saturated rings. The third kappa shape index (κ3) is 5.36. The van der Waals surface area contributed by atoms with E-state index >= 15 is 0 Å². The largest absolute Gasteiger partial charge is 0.368 e. The fourth-order valence-corrected chi connectivity index (χ4v) is 3.47. The van der Waals surface area contributed by atoms with E-state index in [2.05, 4.69) is 0 Å². The fourth-order valence-electron chi connectivity index (χ4n) is 3.47. The van der Waals surface area contributed by atoms with Gasteiger partial charge in [0.05, 0.1) is 52.6 Å². The van der Waals surface area contributed by atoms with E-state index < -0.39 is 0 Å². The van der Waals surface area contributed by atoms with Crippen molar-refractivity contribution in [3.05, 3.63) is 11.6 Å². The first-order valence-electron chi connectivity index (χ1n) is 10.2. The van der Waals surface area contributed by atoms with Crippen LogP contribution in [0.5, 0.6) is 0 Å². The molecule has 2 amide bonds. The monoisotopic (exact) mass is 408 g/mol. The molecule has 4 rings (SSSR count). The van der Waals surface area contributed by atoms with Gasteiger partial charge in [-0.15, -0.1) is 0 Å². The number of amides is 2. The van der Waals surface area contributed by atoms with Crippen molar-refractivity contribution in [2.24, 2.45) is 0 Å². The Morgan fingerprint density at radius 1 is 0.724 bits per heavy atom. The number of rotatable bonds is 10. The third-order valence-corrected chi connectivity index (χ3v) is 5.93. The number of hydrogen-bond donors (Lipinski definition) is 0. The summed E-state index contributed by atoms with van der Waals surface area (Å²) in [6, 6.07) is 0. The van der Waals surface area contributed by atoms with Gasteiger partial charge in [0.15, 0.2) is 0 Å². The van der Waals surface area contributed by atoms with Gasteiger partial charge >= 0.3 is 0 Å². The van der Waals surface area contributed by atoms with Crippen LogP contribution in [0.4, 0.5) is 0 Å². The molecule has 4 atom stereocenters. The predicted octanol–water partition coefficient (Wildman–Crippen LogP) is 0.746. The van der Waals surface area contributed by atoms with Crippen LogP contribution >= 0.6 is 0 Å². The summed E-state index contributed by atoms with van der Waals surface area (Å²) in [5, 5.41) is 0. The van der Waals surface area contributed by atoms with Gasteiger partial charge in [-0.05, 0) is 34.6 Å². The maximum Gasteiger partial charge on any atom is 0.249 e. The molecular weight excluding hydrogens is 376 g/mol. The molecule has 4 saturated heterocycles. The molecule has 0 saturated carbocycles. The molecule has 0 N–H and O–H groups in total. The molecule has 0 aromatic rings. The van der Waals surface area contributed by atoms with Crippen molar-refractivity contribution in [1.29, 1.82) is 0 Å². The van der Waals surface area contributed by atoms with Gasteiger partial charge in [0.2, 0.25) is 11.8 Å². The highest BCUT2D eigenvalue weighted by Gasteiger charge is 2.48. The molecule has 0 spiro atoms. The van der Waals surface area contributed by atoms with E-state index in [0.717, 1.165) is 0 Å². The highest BCUT2D eigenvalue weighted by Crippen LogP contribution is 2.33. The Kier molecular flexibility index (Phi) is 4.85. The molecule has 8 nitrogen and oxygen atoms in total. The number of nitrogens with zero attached hydrogens (tertiary/aromatic N) is 2. The first-order valence-corrected chi connectivity index (χ1v) is 10.2.